The third kappa shape index (κ3) is 4.36. The van der Waals surface area contributed by atoms with Crippen LogP contribution in [0.25, 0.3) is 5.69 Å². The summed E-state index contributed by atoms with van der Waals surface area (Å²) in [5.74, 6) is 0.262. The highest BCUT2D eigenvalue weighted by Crippen LogP contribution is 2.27. The zero-order chi connectivity index (χ0) is 20.9. The van der Waals surface area contributed by atoms with E-state index in [1.54, 1.807) is 30.1 Å². The molecule has 7 heteroatoms. The second kappa shape index (κ2) is 9.09. The van der Waals surface area contributed by atoms with Gasteiger partial charge in [0.15, 0.2) is 0 Å². The highest BCUT2D eigenvalue weighted by molar-refractivity contribution is 5.93. The molecule has 1 saturated heterocycles. The van der Waals surface area contributed by atoms with Crippen molar-refractivity contribution >= 4 is 5.91 Å². The normalized spacial score (nSPS) is 15.1. The first-order valence-electron chi connectivity index (χ1n) is 10.1. The lowest BCUT2D eigenvalue weighted by Crippen LogP contribution is -2.37. The van der Waals surface area contributed by atoms with E-state index in [1.165, 1.54) is 18.3 Å². The molecule has 30 heavy (non-hydrogen) atoms. The van der Waals surface area contributed by atoms with E-state index >= 15 is 0 Å². The number of carbonyl (C=O) groups is 1. The van der Waals surface area contributed by atoms with Crippen LogP contribution >= 0.6 is 0 Å². The number of benzene rings is 2. The summed E-state index contributed by atoms with van der Waals surface area (Å²) >= 11 is 0. The molecule has 0 unspecified atom stereocenters. The van der Waals surface area contributed by atoms with E-state index in [0.29, 0.717) is 17.9 Å². The average Bonchev–Trinajstić information content (AvgIpc) is 3.47. The number of nitrogens with zero attached hydrogens (tertiary/aromatic N) is 3. The van der Waals surface area contributed by atoms with Gasteiger partial charge >= 0.3 is 0 Å². The number of carbonyl (C=O) groups excluding carboxylic acids is 1. The van der Waals surface area contributed by atoms with Crippen LogP contribution in [0.4, 0.5) is 4.39 Å². The summed E-state index contributed by atoms with van der Waals surface area (Å²) in [4.78, 5) is 19.5. The molecule has 4 rings (SSSR count). The van der Waals surface area contributed by atoms with Crippen molar-refractivity contribution in [3.63, 3.8) is 0 Å². The highest BCUT2D eigenvalue weighted by Gasteiger charge is 2.25. The number of ether oxygens (including phenoxy) is 1. The van der Waals surface area contributed by atoms with Gasteiger partial charge in [0, 0.05) is 12.2 Å². The zero-order valence-corrected chi connectivity index (χ0v) is 16.9. The predicted molar refractivity (Wildman–Crippen MR) is 112 cm³/mol. The lowest BCUT2D eigenvalue weighted by atomic mass is 10.0. The van der Waals surface area contributed by atoms with Crippen LogP contribution in [0.15, 0.2) is 61.1 Å². The second-order valence-corrected chi connectivity index (χ2v) is 7.37. The van der Waals surface area contributed by atoms with E-state index in [4.69, 9.17) is 4.74 Å². The molecule has 0 aliphatic carbocycles. The number of methoxy groups -OCH3 is 1. The summed E-state index contributed by atoms with van der Waals surface area (Å²) in [6.45, 7) is 2.48. The molecule has 1 N–H and O–H groups in total. The molecule has 0 spiro atoms. The van der Waals surface area contributed by atoms with Crippen LogP contribution in [0.3, 0.4) is 0 Å². The van der Waals surface area contributed by atoms with Gasteiger partial charge in [0.05, 0.1) is 25.7 Å². The Morgan fingerprint density at radius 3 is 2.70 bits per heavy atom. The van der Waals surface area contributed by atoms with Crippen molar-refractivity contribution in [3.8, 4) is 11.4 Å². The van der Waals surface area contributed by atoms with E-state index < -0.39 is 0 Å². The van der Waals surface area contributed by atoms with Gasteiger partial charge < -0.3 is 10.1 Å². The van der Waals surface area contributed by atoms with Gasteiger partial charge in [-0.2, -0.15) is 0 Å². The number of likely N-dealkylation sites (tertiary alicyclic amines) is 1. The summed E-state index contributed by atoms with van der Waals surface area (Å²) in [7, 11) is 1.66. The largest absolute Gasteiger partial charge is 0.497 e. The first-order chi connectivity index (χ1) is 14.7. The number of imidazole rings is 1. The Hall–Kier alpha value is -3.19. The van der Waals surface area contributed by atoms with Gasteiger partial charge in [0.25, 0.3) is 5.91 Å². The lowest BCUT2D eigenvalue weighted by molar-refractivity contribution is 0.0931. The van der Waals surface area contributed by atoms with Gasteiger partial charge in [0.1, 0.15) is 17.3 Å². The maximum Gasteiger partial charge on any atom is 0.269 e. The van der Waals surface area contributed by atoms with Crippen molar-refractivity contribution in [3.05, 3.63) is 78.1 Å². The van der Waals surface area contributed by atoms with Gasteiger partial charge in [-0.25, -0.2) is 9.37 Å². The van der Waals surface area contributed by atoms with Gasteiger partial charge in [-0.1, -0.05) is 12.1 Å². The Balaban J connectivity index is 1.52. The van der Waals surface area contributed by atoms with Crippen LogP contribution in [0.1, 0.15) is 34.9 Å². The van der Waals surface area contributed by atoms with E-state index in [1.807, 2.05) is 18.2 Å². The molecule has 1 aliphatic heterocycles. The minimum Gasteiger partial charge on any atom is -0.497 e. The SMILES string of the molecule is COc1cccc([C@@H](CNC(=O)c2cncn2-c2ccc(F)cc2)N2CCCC2)c1. The molecule has 0 saturated carbocycles. The van der Waals surface area contributed by atoms with E-state index in [2.05, 4.69) is 21.3 Å². The molecule has 1 amide bonds. The molecular formula is C23H25FN4O2. The first-order valence-corrected chi connectivity index (χ1v) is 10.1. The number of rotatable bonds is 7. The van der Waals surface area contributed by atoms with Gasteiger partial charge in [-0.3, -0.25) is 14.3 Å². The van der Waals surface area contributed by atoms with Crippen LogP contribution in [0.2, 0.25) is 0 Å². The number of amides is 1. The number of hydrogen-bond acceptors (Lipinski definition) is 4. The van der Waals surface area contributed by atoms with Crippen molar-refractivity contribution in [1.29, 1.82) is 0 Å². The second-order valence-electron chi connectivity index (χ2n) is 7.37. The summed E-state index contributed by atoms with van der Waals surface area (Å²) in [5.41, 5.74) is 2.21. The topological polar surface area (TPSA) is 59.4 Å². The molecule has 6 nitrogen and oxygen atoms in total. The molecule has 2 heterocycles. The highest BCUT2D eigenvalue weighted by atomic mass is 19.1. The molecule has 1 aliphatic rings. The number of hydrogen-bond donors (Lipinski definition) is 1. The molecule has 3 aromatic rings. The molecule has 1 aromatic heterocycles. The van der Waals surface area contributed by atoms with Crippen LogP contribution in [-0.4, -0.2) is 47.1 Å². The Morgan fingerprint density at radius 2 is 1.97 bits per heavy atom. The van der Waals surface area contributed by atoms with Crippen molar-refractivity contribution in [2.24, 2.45) is 0 Å². The molecular weight excluding hydrogens is 383 g/mol. The summed E-state index contributed by atoms with van der Waals surface area (Å²) < 4.78 is 20.3. The van der Waals surface area contributed by atoms with Crippen molar-refractivity contribution < 1.29 is 13.9 Å². The lowest BCUT2D eigenvalue weighted by Gasteiger charge is -2.28. The molecule has 156 valence electrons. The van der Waals surface area contributed by atoms with Crippen LogP contribution in [-0.2, 0) is 0 Å². The summed E-state index contributed by atoms with van der Waals surface area (Å²) in [6.07, 6.45) is 5.40. The number of nitrogens with one attached hydrogen (secondary N) is 1. The molecule has 1 atom stereocenters. The summed E-state index contributed by atoms with van der Waals surface area (Å²) in [5, 5.41) is 3.06. The standard InChI is InChI=1S/C23H25FN4O2/c1-30-20-6-4-5-17(13-20)21(27-11-2-3-12-27)15-26-23(29)22-14-25-16-28(22)19-9-7-18(24)8-10-19/h4-10,13-14,16,21H,2-3,11-12,15H2,1H3,(H,26,29)/t21-/m1/s1. The molecule has 1 fully saturated rings. The monoisotopic (exact) mass is 408 g/mol. The Bertz CT molecular complexity index is 996. The minimum absolute atomic E-state index is 0.0637. The smallest absolute Gasteiger partial charge is 0.269 e. The fourth-order valence-electron chi connectivity index (χ4n) is 3.91. The van der Waals surface area contributed by atoms with Crippen molar-refractivity contribution in [2.45, 2.75) is 18.9 Å². The molecule has 0 radical (unpaired) electrons. The van der Waals surface area contributed by atoms with Crippen LogP contribution < -0.4 is 10.1 Å². The maximum atomic E-state index is 13.2. The van der Waals surface area contributed by atoms with E-state index in [0.717, 1.165) is 37.2 Å². The first kappa shape index (κ1) is 20.1. The van der Waals surface area contributed by atoms with Gasteiger partial charge in [-0.05, 0) is 67.9 Å². The minimum atomic E-state index is -0.323. The maximum absolute atomic E-state index is 13.2. The van der Waals surface area contributed by atoms with Crippen LogP contribution in [0, 0.1) is 5.82 Å². The molecule has 0 bridgehead atoms. The fraction of sp³-hybridized carbons (Fsp3) is 0.304. The third-order valence-corrected chi connectivity index (χ3v) is 5.49. The summed E-state index contributed by atoms with van der Waals surface area (Å²) in [6, 6.07) is 14.0. The van der Waals surface area contributed by atoms with Gasteiger partial charge in [-0.15, -0.1) is 0 Å². The number of halogens is 1. The quantitative estimate of drug-likeness (QED) is 0.649. The van der Waals surface area contributed by atoms with Crippen molar-refractivity contribution in [2.75, 3.05) is 26.7 Å². The third-order valence-electron chi connectivity index (χ3n) is 5.49. The Kier molecular flexibility index (Phi) is 6.09. The van der Waals surface area contributed by atoms with Crippen molar-refractivity contribution in [1.82, 2.24) is 19.8 Å². The fourth-order valence-corrected chi connectivity index (χ4v) is 3.91. The van der Waals surface area contributed by atoms with E-state index in [-0.39, 0.29) is 17.8 Å². The zero-order valence-electron chi connectivity index (χ0n) is 16.9. The Morgan fingerprint density at radius 1 is 1.20 bits per heavy atom. The number of aromatic nitrogens is 2. The molecule has 2 aromatic carbocycles. The van der Waals surface area contributed by atoms with Crippen LogP contribution in [0.5, 0.6) is 5.75 Å². The van der Waals surface area contributed by atoms with Gasteiger partial charge in [0.2, 0.25) is 0 Å². The Labute approximate surface area is 175 Å². The predicted octanol–water partition coefficient (Wildman–Crippen LogP) is 3.59. The average molecular weight is 408 g/mol. The van der Waals surface area contributed by atoms with E-state index in [9.17, 15) is 9.18 Å².